The zero-order valence-corrected chi connectivity index (χ0v) is 21.2. The van der Waals surface area contributed by atoms with Gasteiger partial charge < -0.3 is 10.6 Å². The highest BCUT2D eigenvalue weighted by molar-refractivity contribution is 7.92. The van der Waals surface area contributed by atoms with Crippen LogP contribution < -0.4 is 15.4 Å². The van der Waals surface area contributed by atoms with Crippen LogP contribution in [0.15, 0.2) is 77.7 Å². The summed E-state index contributed by atoms with van der Waals surface area (Å²) in [5.74, 6) is 1.95. The Balaban J connectivity index is 1.27. The van der Waals surface area contributed by atoms with Gasteiger partial charge in [-0.2, -0.15) is 0 Å². The molecule has 1 aliphatic carbocycles. The van der Waals surface area contributed by atoms with Gasteiger partial charge in [-0.15, -0.1) is 0 Å². The third kappa shape index (κ3) is 5.66. The Hall–Kier alpha value is -3.91. The van der Waals surface area contributed by atoms with Gasteiger partial charge in [-0.25, -0.2) is 18.4 Å². The molecule has 7 nitrogen and oxygen atoms in total. The van der Waals surface area contributed by atoms with E-state index in [-0.39, 0.29) is 0 Å². The maximum absolute atomic E-state index is 13.0. The number of anilines is 5. The second-order valence-electron chi connectivity index (χ2n) is 9.12. The summed E-state index contributed by atoms with van der Waals surface area (Å²) in [5, 5.41) is 6.57. The highest BCUT2D eigenvalue weighted by Gasteiger charge is 2.18. The molecule has 0 saturated carbocycles. The van der Waals surface area contributed by atoms with E-state index in [1.165, 1.54) is 11.1 Å². The molecule has 8 heteroatoms. The molecule has 184 valence electrons. The van der Waals surface area contributed by atoms with Crippen molar-refractivity contribution >= 4 is 38.7 Å². The molecular formula is C28H29N5O2S. The normalized spacial score (nSPS) is 13.1. The summed E-state index contributed by atoms with van der Waals surface area (Å²) in [6.45, 7) is 3.88. The SMILES string of the molecule is Cc1ccc(Nc2cc(Nc3ccc(NS(=O)(=O)c4ccc5c(c4)CCCC5)cc3)nc(C)n2)cc1. The van der Waals surface area contributed by atoms with Crippen molar-refractivity contribution in [2.24, 2.45) is 0 Å². The summed E-state index contributed by atoms with van der Waals surface area (Å²) in [4.78, 5) is 9.23. The van der Waals surface area contributed by atoms with Crippen LogP contribution in [0.4, 0.5) is 28.7 Å². The minimum absolute atomic E-state index is 0.301. The first kappa shape index (κ1) is 23.8. The van der Waals surface area contributed by atoms with Gasteiger partial charge in [0.15, 0.2) is 0 Å². The van der Waals surface area contributed by atoms with Gasteiger partial charge in [0.05, 0.1) is 4.90 Å². The second kappa shape index (κ2) is 9.99. The topological polar surface area (TPSA) is 96.0 Å². The molecule has 0 radical (unpaired) electrons. The second-order valence-corrected chi connectivity index (χ2v) is 10.8. The van der Waals surface area contributed by atoms with Gasteiger partial charge in [0, 0.05) is 23.1 Å². The first-order chi connectivity index (χ1) is 17.3. The lowest BCUT2D eigenvalue weighted by atomic mass is 9.92. The molecule has 0 fully saturated rings. The predicted octanol–water partition coefficient (Wildman–Crippen LogP) is 6.26. The average Bonchev–Trinajstić information content (AvgIpc) is 2.86. The van der Waals surface area contributed by atoms with Crippen LogP contribution in [0.25, 0.3) is 0 Å². The summed E-state index contributed by atoms with van der Waals surface area (Å²) >= 11 is 0. The van der Waals surface area contributed by atoms with E-state index in [2.05, 4.69) is 25.3 Å². The lowest BCUT2D eigenvalue weighted by Crippen LogP contribution is -2.14. The molecule has 0 amide bonds. The molecule has 0 spiro atoms. The highest BCUT2D eigenvalue weighted by atomic mass is 32.2. The standard InChI is InChI=1S/C28H29N5O2S/c1-19-7-10-23(11-8-19)31-27-18-28(30-20(2)29-27)32-24-12-14-25(15-13-24)33-36(34,35)26-16-9-21-5-3-4-6-22(21)17-26/h7-18,33H,3-6H2,1-2H3,(H2,29,30,31,32). The molecule has 0 bridgehead atoms. The summed E-state index contributed by atoms with van der Waals surface area (Å²) < 4.78 is 28.6. The number of fused-ring (bicyclic) bond motifs is 1. The highest BCUT2D eigenvalue weighted by Crippen LogP contribution is 2.26. The number of sulfonamides is 1. The van der Waals surface area contributed by atoms with Gasteiger partial charge in [0.2, 0.25) is 0 Å². The Kier molecular flexibility index (Phi) is 6.61. The lowest BCUT2D eigenvalue weighted by Gasteiger charge is -2.17. The molecule has 0 saturated heterocycles. The number of hydrogen-bond donors (Lipinski definition) is 3. The van der Waals surface area contributed by atoms with E-state index in [9.17, 15) is 8.42 Å². The number of rotatable bonds is 7. The molecule has 3 N–H and O–H groups in total. The molecule has 1 aliphatic rings. The van der Waals surface area contributed by atoms with Crippen molar-refractivity contribution in [2.75, 3.05) is 15.4 Å². The predicted molar refractivity (Wildman–Crippen MR) is 145 cm³/mol. The van der Waals surface area contributed by atoms with Crippen molar-refractivity contribution < 1.29 is 8.42 Å². The van der Waals surface area contributed by atoms with Crippen LogP contribution in [0.3, 0.4) is 0 Å². The van der Waals surface area contributed by atoms with Crippen molar-refractivity contribution in [3.63, 3.8) is 0 Å². The summed E-state index contributed by atoms with van der Waals surface area (Å²) in [6, 6.07) is 22.5. The van der Waals surface area contributed by atoms with Crippen LogP contribution in [0.1, 0.15) is 35.4 Å². The smallest absolute Gasteiger partial charge is 0.261 e. The third-order valence-electron chi connectivity index (χ3n) is 6.20. The van der Waals surface area contributed by atoms with Gasteiger partial charge in [0.25, 0.3) is 10.0 Å². The van der Waals surface area contributed by atoms with E-state index in [1.54, 1.807) is 18.2 Å². The van der Waals surface area contributed by atoms with Gasteiger partial charge in [-0.1, -0.05) is 23.8 Å². The summed E-state index contributed by atoms with van der Waals surface area (Å²) in [6.07, 6.45) is 4.22. The van der Waals surface area contributed by atoms with E-state index in [0.29, 0.717) is 28.0 Å². The van der Waals surface area contributed by atoms with E-state index < -0.39 is 10.0 Å². The molecule has 3 aromatic carbocycles. The van der Waals surface area contributed by atoms with Crippen molar-refractivity contribution in [1.82, 2.24) is 9.97 Å². The molecule has 0 atom stereocenters. The van der Waals surface area contributed by atoms with Crippen molar-refractivity contribution in [1.29, 1.82) is 0 Å². The molecule has 5 rings (SSSR count). The van der Waals surface area contributed by atoms with Crippen molar-refractivity contribution in [2.45, 2.75) is 44.4 Å². The fraction of sp³-hybridized carbons (Fsp3) is 0.214. The number of nitrogens with one attached hydrogen (secondary N) is 3. The molecule has 0 unspecified atom stereocenters. The zero-order chi connectivity index (χ0) is 25.1. The minimum atomic E-state index is -3.66. The van der Waals surface area contributed by atoms with Crippen molar-refractivity contribution in [3.8, 4) is 0 Å². The number of hydrogen-bond acceptors (Lipinski definition) is 6. The molecule has 0 aliphatic heterocycles. The average molecular weight is 500 g/mol. The van der Waals surface area contributed by atoms with Crippen LogP contribution in [-0.2, 0) is 22.9 Å². The Bertz CT molecular complexity index is 1480. The maximum Gasteiger partial charge on any atom is 0.261 e. The Labute approximate surface area is 212 Å². The third-order valence-corrected chi connectivity index (χ3v) is 7.58. The Morgan fingerprint density at radius 2 is 1.22 bits per heavy atom. The first-order valence-electron chi connectivity index (χ1n) is 12.1. The number of nitrogens with zero attached hydrogens (tertiary/aromatic N) is 2. The largest absolute Gasteiger partial charge is 0.340 e. The van der Waals surface area contributed by atoms with Gasteiger partial charge in [0.1, 0.15) is 17.5 Å². The lowest BCUT2D eigenvalue weighted by molar-refractivity contribution is 0.600. The Morgan fingerprint density at radius 3 is 1.86 bits per heavy atom. The monoisotopic (exact) mass is 499 g/mol. The van der Waals surface area contributed by atoms with Crippen LogP contribution in [-0.4, -0.2) is 18.4 Å². The molecule has 36 heavy (non-hydrogen) atoms. The first-order valence-corrected chi connectivity index (χ1v) is 13.5. The fourth-order valence-electron chi connectivity index (χ4n) is 4.34. The fourth-order valence-corrected chi connectivity index (χ4v) is 5.45. The van der Waals surface area contributed by atoms with E-state index in [0.717, 1.165) is 42.6 Å². The van der Waals surface area contributed by atoms with Gasteiger partial charge >= 0.3 is 0 Å². The van der Waals surface area contributed by atoms with Crippen LogP contribution in [0, 0.1) is 13.8 Å². The van der Waals surface area contributed by atoms with E-state index in [1.807, 2.05) is 68.4 Å². The van der Waals surface area contributed by atoms with Gasteiger partial charge in [-0.3, -0.25) is 4.72 Å². The minimum Gasteiger partial charge on any atom is -0.340 e. The molecular weight excluding hydrogens is 470 g/mol. The number of aryl methyl sites for hydroxylation is 4. The van der Waals surface area contributed by atoms with Crippen LogP contribution in [0.2, 0.25) is 0 Å². The molecule has 1 heterocycles. The summed E-state index contributed by atoms with van der Waals surface area (Å²) in [7, 11) is -3.66. The van der Waals surface area contributed by atoms with Crippen LogP contribution >= 0.6 is 0 Å². The quantitative estimate of drug-likeness (QED) is 0.278. The van der Waals surface area contributed by atoms with E-state index >= 15 is 0 Å². The maximum atomic E-state index is 13.0. The van der Waals surface area contributed by atoms with E-state index in [4.69, 9.17) is 0 Å². The molecule has 1 aromatic heterocycles. The number of aromatic nitrogens is 2. The zero-order valence-electron chi connectivity index (χ0n) is 20.4. The van der Waals surface area contributed by atoms with Gasteiger partial charge in [-0.05, 0) is 99.2 Å². The molecule has 4 aromatic rings. The number of benzene rings is 3. The summed E-state index contributed by atoms with van der Waals surface area (Å²) in [5.41, 5.74) is 5.81. The van der Waals surface area contributed by atoms with Crippen molar-refractivity contribution in [3.05, 3.63) is 95.3 Å². The Morgan fingerprint density at radius 1 is 0.667 bits per heavy atom. The van der Waals surface area contributed by atoms with Crippen LogP contribution in [0.5, 0.6) is 0 Å².